The zero-order valence-corrected chi connectivity index (χ0v) is 22.2. The second-order valence-corrected chi connectivity index (χ2v) is 10.4. The molecule has 0 radical (unpaired) electrons. The van der Waals surface area contributed by atoms with Gasteiger partial charge in [0.1, 0.15) is 6.04 Å². The van der Waals surface area contributed by atoms with Gasteiger partial charge in [0.25, 0.3) is 0 Å². The number of nitrogens with zero attached hydrogens (tertiary/aromatic N) is 1. The molecule has 1 atom stereocenters. The summed E-state index contributed by atoms with van der Waals surface area (Å²) in [5.41, 5.74) is 2.87. The summed E-state index contributed by atoms with van der Waals surface area (Å²) in [6.07, 6.45) is 0.402. The van der Waals surface area contributed by atoms with Crippen LogP contribution in [-0.2, 0) is 28.3 Å². The van der Waals surface area contributed by atoms with E-state index in [0.717, 1.165) is 16.7 Å². The third-order valence-electron chi connectivity index (χ3n) is 5.39. The lowest BCUT2D eigenvalue weighted by molar-refractivity contribution is -0.139. The highest BCUT2D eigenvalue weighted by molar-refractivity contribution is 7.99. The molecule has 0 aliphatic heterocycles. The van der Waals surface area contributed by atoms with E-state index < -0.39 is 6.04 Å². The second kappa shape index (κ2) is 13.6. The van der Waals surface area contributed by atoms with Crippen molar-refractivity contribution in [3.63, 3.8) is 0 Å². The predicted molar refractivity (Wildman–Crippen MR) is 147 cm³/mol. The molecule has 0 aliphatic rings. The van der Waals surface area contributed by atoms with E-state index in [0.29, 0.717) is 22.2 Å². The molecule has 3 aromatic carbocycles. The molecule has 0 bridgehead atoms. The first-order valence-electron chi connectivity index (χ1n) is 11.5. The van der Waals surface area contributed by atoms with E-state index >= 15 is 0 Å². The van der Waals surface area contributed by atoms with Gasteiger partial charge in [-0.25, -0.2) is 0 Å². The number of carbonyl (C=O) groups is 2. The van der Waals surface area contributed by atoms with Crippen LogP contribution in [0.5, 0.6) is 0 Å². The molecular formula is C28H30Cl2N2O2S. The van der Waals surface area contributed by atoms with Crippen molar-refractivity contribution in [1.82, 2.24) is 10.2 Å². The minimum Gasteiger partial charge on any atom is -0.352 e. The number of rotatable bonds is 11. The summed E-state index contributed by atoms with van der Waals surface area (Å²) in [7, 11) is 0. The van der Waals surface area contributed by atoms with Gasteiger partial charge in [-0.3, -0.25) is 9.59 Å². The Morgan fingerprint density at radius 3 is 2.14 bits per heavy atom. The van der Waals surface area contributed by atoms with Crippen molar-refractivity contribution in [2.24, 2.45) is 0 Å². The van der Waals surface area contributed by atoms with Crippen molar-refractivity contribution >= 4 is 46.8 Å². The van der Waals surface area contributed by atoms with Crippen LogP contribution in [0, 0.1) is 0 Å². The molecule has 0 fully saturated rings. The normalized spacial score (nSPS) is 11.8. The Morgan fingerprint density at radius 2 is 1.54 bits per heavy atom. The molecule has 1 N–H and O–H groups in total. The van der Waals surface area contributed by atoms with E-state index in [-0.39, 0.29) is 30.2 Å². The Kier molecular flexibility index (Phi) is 10.5. The van der Waals surface area contributed by atoms with Gasteiger partial charge in [-0.1, -0.05) is 89.9 Å². The van der Waals surface area contributed by atoms with Crippen LogP contribution in [-0.4, -0.2) is 34.6 Å². The zero-order valence-electron chi connectivity index (χ0n) is 19.9. The largest absolute Gasteiger partial charge is 0.352 e. The van der Waals surface area contributed by atoms with Crippen molar-refractivity contribution < 1.29 is 9.59 Å². The van der Waals surface area contributed by atoms with Crippen LogP contribution in [0.15, 0.2) is 78.9 Å². The van der Waals surface area contributed by atoms with Crippen molar-refractivity contribution in [2.45, 2.75) is 44.6 Å². The summed E-state index contributed by atoms with van der Waals surface area (Å²) in [5, 5.41) is 3.99. The first-order chi connectivity index (χ1) is 16.8. The molecule has 3 rings (SSSR count). The molecule has 7 heteroatoms. The molecule has 0 unspecified atom stereocenters. The number of benzene rings is 3. The van der Waals surface area contributed by atoms with E-state index in [1.54, 1.807) is 17.0 Å². The van der Waals surface area contributed by atoms with E-state index in [9.17, 15) is 9.59 Å². The Hall–Kier alpha value is -2.47. The van der Waals surface area contributed by atoms with Gasteiger partial charge in [0.05, 0.1) is 5.75 Å². The minimum absolute atomic E-state index is 0.0516. The molecular weight excluding hydrogens is 499 g/mol. The monoisotopic (exact) mass is 528 g/mol. The molecule has 0 saturated heterocycles. The molecule has 0 aromatic heterocycles. The molecule has 0 saturated carbocycles. The summed E-state index contributed by atoms with van der Waals surface area (Å²) >= 11 is 14.1. The van der Waals surface area contributed by atoms with Gasteiger partial charge in [-0.2, -0.15) is 0 Å². The Labute approximate surface area is 222 Å². The summed E-state index contributed by atoms with van der Waals surface area (Å²) in [6.45, 7) is 4.04. The van der Waals surface area contributed by atoms with Crippen LogP contribution in [0.1, 0.15) is 30.5 Å². The van der Waals surface area contributed by atoms with E-state index in [1.165, 1.54) is 11.8 Å². The van der Waals surface area contributed by atoms with Gasteiger partial charge in [-0.15, -0.1) is 11.8 Å². The molecule has 0 spiro atoms. The summed E-state index contributed by atoms with van der Waals surface area (Å²) < 4.78 is 0. The third kappa shape index (κ3) is 8.60. The maximum Gasteiger partial charge on any atom is 0.243 e. The lowest BCUT2D eigenvalue weighted by atomic mass is 10.0. The number of halogens is 2. The molecule has 0 aliphatic carbocycles. The van der Waals surface area contributed by atoms with E-state index in [2.05, 4.69) is 5.32 Å². The molecule has 184 valence electrons. The highest BCUT2D eigenvalue weighted by Crippen LogP contribution is 2.25. The average molecular weight is 530 g/mol. The summed E-state index contributed by atoms with van der Waals surface area (Å²) in [5.74, 6) is 0.663. The summed E-state index contributed by atoms with van der Waals surface area (Å²) in [4.78, 5) is 28.6. The SMILES string of the molecule is CC(C)NC(=O)[C@@H](Cc1ccccc1)N(Cc1ccc(Cl)cc1Cl)C(=O)CSCc1ccccc1. The maximum absolute atomic E-state index is 13.6. The van der Waals surface area contributed by atoms with Gasteiger partial charge < -0.3 is 10.2 Å². The Morgan fingerprint density at radius 1 is 0.914 bits per heavy atom. The van der Waals surface area contributed by atoms with Gasteiger partial charge >= 0.3 is 0 Å². The lowest BCUT2D eigenvalue weighted by Gasteiger charge is -2.32. The fourth-order valence-corrected chi connectivity index (χ4v) is 5.02. The Balaban J connectivity index is 1.88. The number of thioether (sulfide) groups is 1. The van der Waals surface area contributed by atoms with Crippen LogP contribution >= 0.6 is 35.0 Å². The van der Waals surface area contributed by atoms with Crippen LogP contribution < -0.4 is 5.32 Å². The van der Waals surface area contributed by atoms with Crippen LogP contribution in [0.2, 0.25) is 10.0 Å². The first kappa shape index (κ1) is 27.1. The minimum atomic E-state index is -0.684. The molecule has 0 heterocycles. The van der Waals surface area contributed by atoms with Gasteiger partial charge in [-0.05, 0) is 42.7 Å². The van der Waals surface area contributed by atoms with E-state index in [4.69, 9.17) is 23.2 Å². The lowest BCUT2D eigenvalue weighted by Crippen LogP contribution is -2.52. The van der Waals surface area contributed by atoms with E-state index in [1.807, 2.05) is 80.6 Å². The smallest absolute Gasteiger partial charge is 0.243 e. The molecule has 2 amide bonds. The highest BCUT2D eigenvalue weighted by Gasteiger charge is 2.31. The van der Waals surface area contributed by atoms with Crippen LogP contribution in [0.4, 0.5) is 0 Å². The Bertz CT molecular complexity index is 1110. The summed E-state index contributed by atoms with van der Waals surface area (Å²) in [6, 6.07) is 24.2. The number of amides is 2. The van der Waals surface area contributed by atoms with Crippen molar-refractivity contribution in [3.8, 4) is 0 Å². The van der Waals surface area contributed by atoms with Crippen LogP contribution in [0.3, 0.4) is 0 Å². The van der Waals surface area contributed by atoms with Crippen molar-refractivity contribution in [1.29, 1.82) is 0 Å². The number of nitrogens with one attached hydrogen (secondary N) is 1. The molecule has 4 nitrogen and oxygen atoms in total. The maximum atomic E-state index is 13.6. The molecule has 35 heavy (non-hydrogen) atoms. The third-order valence-corrected chi connectivity index (χ3v) is 6.97. The van der Waals surface area contributed by atoms with Gasteiger partial charge in [0.15, 0.2) is 0 Å². The van der Waals surface area contributed by atoms with Crippen molar-refractivity contribution in [3.05, 3.63) is 106 Å². The fraction of sp³-hybridized carbons (Fsp3) is 0.286. The number of carbonyl (C=O) groups excluding carboxylic acids is 2. The topological polar surface area (TPSA) is 49.4 Å². The standard InChI is InChI=1S/C28H30Cl2N2O2S/c1-20(2)31-28(34)26(15-21-9-5-3-6-10-21)32(17-23-13-14-24(29)16-25(23)30)27(33)19-35-18-22-11-7-4-8-12-22/h3-14,16,20,26H,15,17-19H2,1-2H3,(H,31,34)/t26-/m1/s1. The van der Waals surface area contributed by atoms with Gasteiger partial charge in [0, 0.05) is 34.8 Å². The highest BCUT2D eigenvalue weighted by atomic mass is 35.5. The van der Waals surface area contributed by atoms with Gasteiger partial charge in [0.2, 0.25) is 11.8 Å². The number of hydrogen-bond acceptors (Lipinski definition) is 3. The second-order valence-electron chi connectivity index (χ2n) is 8.60. The quantitative estimate of drug-likeness (QED) is 0.313. The molecule has 3 aromatic rings. The zero-order chi connectivity index (χ0) is 25.2. The fourth-order valence-electron chi connectivity index (χ4n) is 3.68. The average Bonchev–Trinajstić information content (AvgIpc) is 2.83. The predicted octanol–water partition coefficient (Wildman–Crippen LogP) is 6.39. The number of hydrogen-bond donors (Lipinski definition) is 1. The van der Waals surface area contributed by atoms with Crippen molar-refractivity contribution in [2.75, 3.05) is 5.75 Å². The van der Waals surface area contributed by atoms with Crippen LogP contribution in [0.25, 0.3) is 0 Å². The first-order valence-corrected chi connectivity index (χ1v) is 13.4.